The summed E-state index contributed by atoms with van der Waals surface area (Å²) in [5.41, 5.74) is 0.659. The van der Waals surface area contributed by atoms with E-state index in [0.29, 0.717) is 16.5 Å². The molecule has 1 heterocycles. The van der Waals surface area contributed by atoms with Crippen molar-refractivity contribution in [2.75, 3.05) is 12.4 Å². The lowest BCUT2D eigenvalue weighted by molar-refractivity contribution is -0.384. The second-order valence-corrected chi connectivity index (χ2v) is 3.88. The predicted octanol–water partition coefficient (Wildman–Crippen LogP) is 2.75. The molecular weight excluding hydrogens is 256 g/mol. The Bertz CT molecular complexity index is 603. The van der Waals surface area contributed by atoms with Crippen molar-refractivity contribution < 1.29 is 4.92 Å². The summed E-state index contributed by atoms with van der Waals surface area (Å²) in [5, 5.41) is 14.2. The van der Waals surface area contributed by atoms with Crippen LogP contribution in [0.15, 0.2) is 30.5 Å². The van der Waals surface area contributed by atoms with Crippen molar-refractivity contribution in [2.24, 2.45) is 0 Å². The third kappa shape index (κ3) is 2.38. The Hall–Kier alpha value is -2.21. The highest BCUT2D eigenvalue weighted by Gasteiger charge is 2.18. The van der Waals surface area contributed by atoms with Gasteiger partial charge in [-0.25, -0.2) is 9.97 Å². The molecule has 0 aliphatic carbocycles. The molecule has 0 bridgehead atoms. The van der Waals surface area contributed by atoms with E-state index in [1.165, 1.54) is 6.20 Å². The largest absolute Gasteiger partial charge is 0.357 e. The number of nitrogens with one attached hydrogen (secondary N) is 1. The summed E-state index contributed by atoms with van der Waals surface area (Å²) in [4.78, 5) is 18.4. The number of hydrogen-bond acceptors (Lipinski definition) is 5. The van der Waals surface area contributed by atoms with Crippen molar-refractivity contribution in [1.82, 2.24) is 9.97 Å². The number of benzene rings is 1. The first-order valence-corrected chi connectivity index (χ1v) is 5.44. The highest BCUT2D eigenvalue weighted by atomic mass is 35.5. The molecule has 18 heavy (non-hydrogen) atoms. The van der Waals surface area contributed by atoms with Gasteiger partial charge >= 0.3 is 5.69 Å². The summed E-state index contributed by atoms with van der Waals surface area (Å²) in [6.07, 6.45) is 1.18. The van der Waals surface area contributed by atoms with Crippen LogP contribution < -0.4 is 5.32 Å². The molecule has 6 nitrogen and oxygen atoms in total. The molecule has 1 aromatic heterocycles. The first-order valence-electron chi connectivity index (χ1n) is 5.07. The molecule has 0 radical (unpaired) electrons. The molecular formula is C11H9ClN4O2. The molecule has 0 saturated heterocycles. The Morgan fingerprint density at radius 3 is 2.83 bits per heavy atom. The highest BCUT2D eigenvalue weighted by molar-refractivity contribution is 6.30. The zero-order valence-corrected chi connectivity index (χ0v) is 10.2. The lowest BCUT2D eigenvalue weighted by Gasteiger charge is -2.04. The van der Waals surface area contributed by atoms with Crippen LogP contribution in [0.4, 0.5) is 11.6 Å². The smallest absolute Gasteiger partial charge is 0.313 e. The van der Waals surface area contributed by atoms with Crippen LogP contribution >= 0.6 is 11.6 Å². The molecule has 1 aromatic carbocycles. The van der Waals surface area contributed by atoms with Crippen LogP contribution in [0, 0.1) is 10.1 Å². The number of nitrogens with zero attached hydrogens (tertiary/aromatic N) is 3. The second-order valence-electron chi connectivity index (χ2n) is 3.44. The molecule has 0 aliphatic heterocycles. The van der Waals surface area contributed by atoms with Crippen LogP contribution in [0.2, 0.25) is 5.02 Å². The van der Waals surface area contributed by atoms with E-state index in [2.05, 4.69) is 15.3 Å². The van der Waals surface area contributed by atoms with Gasteiger partial charge in [-0.3, -0.25) is 10.1 Å². The number of rotatable bonds is 3. The molecule has 92 valence electrons. The van der Waals surface area contributed by atoms with E-state index < -0.39 is 4.92 Å². The van der Waals surface area contributed by atoms with Crippen molar-refractivity contribution >= 4 is 23.2 Å². The standard InChI is InChI=1S/C11H9ClN4O2/c1-13-11-14-6-9(16(17)18)10(15-11)7-3-2-4-8(12)5-7/h2-6H,1H3,(H,13,14,15). The van der Waals surface area contributed by atoms with E-state index in [1.807, 2.05) is 0 Å². The summed E-state index contributed by atoms with van der Waals surface area (Å²) < 4.78 is 0. The fourth-order valence-corrected chi connectivity index (χ4v) is 1.67. The van der Waals surface area contributed by atoms with Crippen LogP contribution in [0.3, 0.4) is 0 Å². The number of halogens is 1. The number of aromatic nitrogens is 2. The molecule has 2 rings (SSSR count). The summed E-state index contributed by atoms with van der Waals surface area (Å²) in [5.74, 6) is 0.315. The maximum atomic E-state index is 11.0. The van der Waals surface area contributed by atoms with Gasteiger partial charge in [0, 0.05) is 17.6 Å². The average molecular weight is 265 g/mol. The maximum absolute atomic E-state index is 11.0. The quantitative estimate of drug-likeness (QED) is 0.681. The van der Waals surface area contributed by atoms with E-state index in [0.717, 1.165) is 0 Å². The topological polar surface area (TPSA) is 81.0 Å². The number of hydrogen-bond donors (Lipinski definition) is 1. The minimum Gasteiger partial charge on any atom is -0.357 e. The van der Waals surface area contributed by atoms with Gasteiger partial charge in [-0.05, 0) is 12.1 Å². The monoisotopic (exact) mass is 264 g/mol. The highest BCUT2D eigenvalue weighted by Crippen LogP contribution is 2.29. The van der Waals surface area contributed by atoms with E-state index >= 15 is 0 Å². The van der Waals surface area contributed by atoms with Gasteiger partial charge < -0.3 is 5.32 Å². The second kappa shape index (κ2) is 4.97. The molecule has 7 heteroatoms. The molecule has 0 fully saturated rings. The Morgan fingerprint density at radius 2 is 2.22 bits per heavy atom. The van der Waals surface area contributed by atoms with E-state index in [9.17, 15) is 10.1 Å². The number of nitro groups is 1. The maximum Gasteiger partial charge on any atom is 0.313 e. The van der Waals surface area contributed by atoms with Crippen LogP contribution in [0.1, 0.15) is 0 Å². The molecule has 2 aromatic rings. The van der Waals surface area contributed by atoms with Gasteiger partial charge in [0.1, 0.15) is 6.20 Å². The Morgan fingerprint density at radius 1 is 1.44 bits per heavy atom. The van der Waals surface area contributed by atoms with Crippen LogP contribution in [-0.4, -0.2) is 21.9 Å². The predicted molar refractivity (Wildman–Crippen MR) is 68.7 cm³/mol. The minimum absolute atomic E-state index is 0.156. The Balaban J connectivity index is 2.63. The van der Waals surface area contributed by atoms with E-state index in [4.69, 9.17) is 11.6 Å². The SMILES string of the molecule is CNc1ncc([N+](=O)[O-])c(-c2cccc(Cl)c2)n1. The summed E-state index contributed by atoms with van der Waals surface area (Å²) in [6.45, 7) is 0. The fourth-order valence-electron chi connectivity index (χ4n) is 1.48. The van der Waals surface area contributed by atoms with Gasteiger partial charge in [-0.15, -0.1) is 0 Å². The Kier molecular flexibility index (Phi) is 3.38. The normalized spacial score (nSPS) is 10.1. The Labute approximate surface area is 108 Å². The van der Waals surface area contributed by atoms with Crippen molar-refractivity contribution in [3.8, 4) is 11.3 Å². The molecule has 1 N–H and O–H groups in total. The summed E-state index contributed by atoms with van der Waals surface area (Å²) >= 11 is 5.87. The van der Waals surface area contributed by atoms with Gasteiger partial charge in [-0.2, -0.15) is 0 Å². The van der Waals surface area contributed by atoms with Gasteiger partial charge in [-0.1, -0.05) is 23.7 Å². The summed E-state index contributed by atoms with van der Waals surface area (Å²) in [7, 11) is 1.64. The van der Waals surface area contributed by atoms with Crippen molar-refractivity contribution in [3.05, 3.63) is 45.6 Å². The van der Waals surface area contributed by atoms with Gasteiger partial charge in [0.2, 0.25) is 5.95 Å². The van der Waals surface area contributed by atoms with Crippen molar-refractivity contribution in [1.29, 1.82) is 0 Å². The summed E-state index contributed by atoms with van der Waals surface area (Å²) in [6, 6.07) is 6.73. The zero-order valence-electron chi connectivity index (χ0n) is 9.42. The van der Waals surface area contributed by atoms with Crippen LogP contribution in [0.25, 0.3) is 11.3 Å². The molecule has 0 aliphatic rings. The minimum atomic E-state index is -0.518. The third-order valence-electron chi connectivity index (χ3n) is 2.29. The van der Waals surface area contributed by atoms with E-state index in [-0.39, 0.29) is 11.4 Å². The molecule has 0 atom stereocenters. The lowest BCUT2D eigenvalue weighted by Crippen LogP contribution is -2.01. The molecule has 0 unspecified atom stereocenters. The molecule has 0 saturated carbocycles. The average Bonchev–Trinajstić information content (AvgIpc) is 2.38. The van der Waals surface area contributed by atoms with Crippen molar-refractivity contribution in [3.63, 3.8) is 0 Å². The first kappa shape index (κ1) is 12.3. The molecule has 0 spiro atoms. The van der Waals surface area contributed by atoms with Gasteiger partial charge in [0.15, 0.2) is 5.69 Å². The molecule has 0 amide bonds. The van der Waals surface area contributed by atoms with Crippen LogP contribution in [0.5, 0.6) is 0 Å². The van der Waals surface area contributed by atoms with Crippen molar-refractivity contribution in [2.45, 2.75) is 0 Å². The fraction of sp³-hybridized carbons (Fsp3) is 0.0909. The third-order valence-corrected chi connectivity index (χ3v) is 2.52. The van der Waals surface area contributed by atoms with Crippen LogP contribution in [-0.2, 0) is 0 Å². The number of anilines is 1. The zero-order chi connectivity index (χ0) is 13.1. The van der Waals surface area contributed by atoms with E-state index in [1.54, 1.807) is 31.3 Å². The lowest BCUT2D eigenvalue weighted by atomic mass is 10.1. The van der Waals surface area contributed by atoms with Gasteiger partial charge in [0.25, 0.3) is 0 Å². The first-order chi connectivity index (χ1) is 8.61. The van der Waals surface area contributed by atoms with Gasteiger partial charge in [0.05, 0.1) is 4.92 Å².